The van der Waals surface area contributed by atoms with Gasteiger partial charge in [-0.05, 0) is 48.7 Å². The van der Waals surface area contributed by atoms with Crippen LogP contribution in [-0.2, 0) is 21.4 Å². The number of amides is 1. The number of nitrogens with one attached hydrogen (secondary N) is 1. The third-order valence-electron chi connectivity index (χ3n) is 5.79. The summed E-state index contributed by atoms with van der Waals surface area (Å²) in [6.07, 6.45) is 1.06. The Hall–Kier alpha value is -3.76. The molecule has 10 heteroatoms. The molecule has 0 unspecified atom stereocenters. The van der Waals surface area contributed by atoms with E-state index in [2.05, 4.69) is 5.32 Å². The minimum Gasteiger partial charge on any atom is -0.489 e. The predicted molar refractivity (Wildman–Crippen MR) is 130 cm³/mol. The molecule has 3 aromatic rings. The van der Waals surface area contributed by atoms with Gasteiger partial charge >= 0.3 is 0 Å². The molecule has 0 aromatic heterocycles. The van der Waals surface area contributed by atoms with Gasteiger partial charge in [-0.25, -0.2) is 8.42 Å². The summed E-state index contributed by atoms with van der Waals surface area (Å²) in [6, 6.07) is 21.7. The van der Waals surface area contributed by atoms with Gasteiger partial charge in [0, 0.05) is 30.9 Å². The van der Waals surface area contributed by atoms with Crippen LogP contribution in [0.1, 0.15) is 18.4 Å². The molecule has 9 nitrogen and oxygen atoms in total. The average molecular weight is 496 g/mol. The molecule has 0 radical (unpaired) electrons. The summed E-state index contributed by atoms with van der Waals surface area (Å²) in [6.45, 7) is 0.695. The van der Waals surface area contributed by atoms with Crippen molar-refractivity contribution in [2.75, 3.05) is 18.4 Å². The van der Waals surface area contributed by atoms with Gasteiger partial charge in [-0.15, -0.1) is 0 Å². The number of sulfonamides is 1. The Morgan fingerprint density at radius 3 is 2.51 bits per heavy atom. The molecule has 182 valence electrons. The van der Waals surface area contributed by atoms with E-state index in [9.17, 15) is 23.3 Å². The lowest BCUT2D eigenvalue weighted by Gasteiger charge is -2.31. The number of nitro benzene ring substituents is 1. The molecule has 4 rings (SSSR count). The summed E-state index contributed by atoms with van der Waals surface area (Å²) in [7, 11) is -3.96. The molecular weight excluding hydrogens is 470 g/mol. The molecule has 0 bridgehead atoms. The van der Waals surface area contributed by atoms with Gasteiger partial charge < -0.3 is 10.1 Å². The Morgan fingerprint density at radius 1 is 1.06 bits per heavy atom. The number of anilines is 1. The van der Waals surface area contributed by atoms with Gasteiger partial charge in [-0.1, -0.05) is 36.4 Å². The quantitative estimate of drug-likeness (QED) is 0.369. The SMILES string of the molecule is O=C(Nc1ccc(OCc2ccccc2)cc1)[C@H]1CCCN(S(=O)(=O)c2cccc([N+](=O)[O-])c2)C1. The molecular formula is C25H25N3O6S. The van der Waals surface area contributed by atoms with Crippen LogP contribution in [0.5, 0.6) is 5.75 Å². The molecule has 3 aromatic carbocycles. The van der Waals surface area contributed by atoms with Crippen molar-refractivity contribution in [2.24, 2.45) is 5.92 Å². The molecule has 1 saturated heterocycles. The highest BCUT2D eigenvalue weighted by Crippen LogP contribution is 2.27. The number of ether oxygens (including phenoxy) is 1. The Kier molecular flexibility index (Phi) is 7.42. The van der Waals surface area contributed by atoms with Crippen LogP contribution in [-0.4, -0.2) is 36.6 Å². The summed E-state index contributed by atoms with van der Waals surface area (Å²) in [5.74, 6) is -0.146. The summed E-state index contributed by atoms with van der Waals surface area (Å²) >= 11 is 0. The van der Waals surface area contributed by atoms with E-state index in [0.29, 0.717) is 30.9 Å². The van der Waals surface area contributed by atoms with Crippen LogP contribution in [0.4, 0.5) is 11.4 Å². The molecule has 1 atom stereocenters. The van der Waals surface area contributed by atoms with Gasteiger partial charge in [0.1, 0.15) is 12.4 Å². The van der Waals surface area contributed by atoms with Crippen molar-refractivity contribution < 1.29 is 22.9 Å². The van der Waals surface area contributed by atoms with Gasteiger partial charge in [0.2, 0.25) is 15.9 Å². The van der Waals surface area contributed by atoms with E-state index in [0.717, 1.165) is 11.6 Å². The first-order valence-electron chi connectivity index (χ1n) is 11.2. The standard InChI is InChI=1S/C25H25N3O6S/c29-25(26-21-11-13-23(14-12-21)34-18-19-6-2-1-3-7-19)20-8-5-15-27(17-20)35(32,33)24-10-4-9-22(16-24)28(30)31/h1-4,6-7,9-14,16,20H,5,8,15,17-18H2,(H,26,29)/t20-/m0/s1. The predicted octanol–water partition coefficient (Wildman–Crippen LogP) is 4.21. The van der Waals surface area contributed by atoms with E-state index in [1.807, 2.05) is 30.3 Å². The summed E-state index contributed by atoms with van der Waals surface area (Å²) < 4.78 is 33.1. The van der Waals surface area contributed by atoms with Crippen molar-refractivity contribution in [2.45, 2.75) is 24.3 Å². The van der Waals surface area contributed by atoms with E-state index in [4.69, 9.17) is 4.74 Å². The number of benzene rings is 3. The van der Waals surface area contributed by atoms with Crippen LogP contribution in [0.2, 0.25) is 0 Å². The third-order valence-corrected chi connectivity index (χ3v) is 7.65. The average Bonchev–Trinajstić information content (AvgIpc) is 2.89. The zero-order valence-electron chi connectivity index (χ0n) is 18.9. The van der Waals surface area contributed by atoms with Crippen molar-refractivity contribution in [3.63, 3.8) is 0 Å². The second-order valence-corrected chi connectivity index (χ2v) is 10.2. The number of nitro groups is 1. The molecule has 1 aliphatic rings. The zero-order valence-corrected chi connectivity index (χ0v) is 19.7. The molecule has 0 aliphatic carbocycles. The molecule has 0 spiro atoms. The molecule has 1 heterocycles. The lowest BCUT2D eigenvalue weighted by molar-refractivity contribution is -0.385. The Morgan fingerprint density at radius 2 is 1.80 bits per heavy atom. The Bertz CT molecular complexity index is 1300. The lowest BCUT2D eigenvalue weighted by atomic mass is 9.99. The maximum Gasteiger partial charge on any atom is 0.270 e. The van der Waals surface area contributed by atoms with Gasteiger partial charge in [0.15, 0.2) is 0 Å². The lowest BCUT2D eigenvalue weighted by Crippen LogP contribution is -2.43. The van der Waals surface area contributed by atoms with E-state index in [1.165, 1.54) is 22.5 Å². The Balaban J connectivity index is 1.36. The van der Waals surface area contributed by atoms with Gasteiger partial charge in [0.25, 0.3) is 5.69 Å². The highest BCUT2D eigenvalue weighted by Gasteiger charge is 2.34. The molecule has 1 amide bonds. The number of hydrogen-bond acceptors (Lipinski definition) is 6. The first-order valence-corrected chi connectivity index (χ1v) is 12.6. The highest BCUT2D eigenvalue weighted by molar-refractivity contribution is 7.89. The number of carbonyl (C=O) groups is 1. The fourth-order valence-corrected chi connectivity index (χ4v) is 5.47. The molecule has 1 N–H and O–H groups in total. The maximum absolute atomic E-state index is 13.0. The molecule has 0 saturated carbocycles. The van der Waals surface area contributed by atoms with Crippen molar-refractivity contribution >= 4 is 27.3 Å². The topological polar surface area (TPSA) is 119 Å². The van der Waals surface area contributed by atoms with Crippen molar-refractivity contribution in [3.8, 4) is 5.75 Å². The van der Waals surface area contributed by atoms with Crippen LogP contribution in [0.3, 0.4) is 0 Å². The van der Waals surface area contributed by atoms with Gasteiger partial charge in [-0.3, -0.25) is 14.9 Å². The second-order valence-electron chi connectivity index (χ2n) is 8.24. The van der Waals surface area contributed by atoms with Crippen LogP contribution in [0, 0.1) is 16.0 Å². The fraction of sp³-hybridized carbons (Fsp3) is 0.240. The number of nitrogens with zero attached hydrogens (tertiary/aromatic N) is 2. The molecule has 35 heavy (non-hydrogen) atoms. The summed E-state index contributed by atoms with van der Waals surface area (Å²) in [5, 5.41) is 13.9. The number of non-ortho nitro benzene ring substituents is 1. The van der Waals surface area contributed by atoms with Crippen molar-refractivity contribution in [1.82, 2.24) is 4.31 Å². The van der Waals surface area contributed by atoms with Gasteiger partial charge in [-0.2, -0.15) is 4.31 Å². The van der Waals surface area contributed by atoms with E-state index >= 15 is 0 Å². The maximum atomic E-state index is 13.0. The smallest absolute Gasteiger partial charge is 0.270 e. The van der Waals surface area contributed by atoms with Crippen LogP contribution < -0.4 is 10.1 Å². The summed E-state index contributed by atoms with van der Waals surface area (Å²) in [5.41, 5.74) is 1.33. The van der Waals surface area contributed by atoms with Crippen molar-refractivity contribution in [1.29, 1.82) is 0 Å². The number of hydrogen-bond donors (Lipinski definition) is 1. The molecule has 1 aliphatic heterocycles. The van der Waals surface area contributed by atoms with Crippen LogP contribution >= 0.6 is 0 Å². The minimum absolute atomic E-state index is 0.00906. The normalized spacial score (nSPS) is 16.4. The number of carbonyl (C=O) groups excluding carboxylic acids is 1. The van der Waals surface area contributed by atoms with E-state index in [1.54, 1.807) is 24.3 Å². The number of piperidine rings is 1. The highest BCUT2D eigenvalue weighted by atomic mass is 32.2. The largest absolute Gasteiger partial charge is 0.489 e. The third kappa shape index (κ3) is 6.03. The Labute approximate surface area is 203 Å². The number of rotatable bonds is 8. The first kappa shape index (κ1) is 24.4. The monoisotopic (exact) mass is 495 g/mol. The summed E-state index contributed by atoms with van der Waals surface area (Å²) in [4.78, 5) is 23.1. The minimum atomic E-state index is -3.96. The van der Waals surface area contributed by atoms with Crippen LogP contribution in [0.25, 0.3) is 0 Å². The van der Waals surface area contributed by atoms with Crippen molar-refractivity contribution in [3.05, 3.63) is 94.5 Å². The zero-order chi connectivity index (χ0) is 24.8. The molecule has 1 fully saturated rings. The second kappa shape index (κ2) is 10.7. The van der Waals surface area contributed by atoms with E-state index in [-0.39, 0.29) is 29.6 Å². The fourth-order valence-electron chi connectivity index (χ4n) is 3.90. The van der Waals surface area contributed by atoms with Crippen LogP contribution in [0.15, 0.2) is 83.8 Å². The van der Waals surface area contributed by atoms with E-state index < -0.39 is 20.9 Å². The van der Waals surface area contributed by atoms with Gasteiger partial charge in [0.05, 0.1) is 15.7 Å². The first-order chi connectivity index (χ1) is 16.8.